The van der Waals surface area contributed by atoms with Crippen molar-refractivity contribution >= 4 is 33.9 Å². The second-order valence-electron chi connectivity index (χ2n) is 7.37. The molecule has 1 N–H and O–H groups in total. The first-order valence-corrected chi connectivity index (χ1v) is 10.6. The number of aliphatic hydroxyl groups is 1. The minimum atomic E-state index is -0.805. The number of benzene rings is 2. The average Bonchev–Trinajstić information content (AvgIpc) is 3.29. The van der Waals surface area contributed by atoms with E-state index in [0.717, 1.165) is 0 Å². The topological polar surface area (TPSA) is 92.6 Å². The molecule has 3 aromatic rings. The third-order valence-corrected chi connectivity index (χ3v) is 5.62. The lowest BCUT2D eigenvalue weighted by Gasteiger charge is -2.22. The third-order valence-electron chi connectivity index (χ3n) is 4.78. The Hall–Kier alpha value is -3.52. The van der Waals surface area contributed by atoms with Crippen LogP contribution >= 0.6 is 11.3 Å². The van der Waals surface area contributed by atoms with Gasteiger partial charge in [0, 0.05) is 5.56 Å². The Morgan fingerprint density at radius 1 is 1.06 bits per heavy atom. The Morgan fingerprint density at radius 2 is 1.74 bits per heavy atom. The van der Waals surface area contributed by atoms with Gasteiger partial charge in [0.1, 0.15) is 16.5 Å². The van der Waals surface area contributed by atoms with Crippen molar-refractivity contribution in [3.05, 3.63) is 76.3 Å². The largest absolute Gasteiger partial charge is 0.507 e. The fourth-order valence-corrected chi connectivity index (χ4v) is 4.20. The number of hydrogen-bond donors (Lipinski definition) is 1. The molecule has 0 spiro atoms. The Morgan fingerprint density at radius 3 is 2.32 bits per heavy atom. The van der Waals surface area contributed by atoms with Crippen molar-refractivity contribution in [1.82, 2.24) is 10.2 Å². The van der Waals surface area contributed by atoms with Gasteiger partial charge in [-0.15, -0.1) is 10.2 Å². The smallest absolute Gasteiger partial charge is 0.301 e. The lowest BCUT2D eigenvalue weighted by Crippen LogP contribution is -2.29. The van der Waals surface area contributed by atoms with E-state index in [-0.39, 0.29) is 17.4 Å². The summed E-state index contributed by atoms with van der Waals surface area (Å²) in [4.78, 5) is 27.3. The van der Waals surface area contributed by atoms with Crippen LogP contribution in [0.15, 0.2) is 60.2 Å². The zero-order chi connectivity index (χ0) is 22.1. The first kappa shape index (κ1) is 20.7. The van der Waals surface area contributed by atoms with Crippen molar-refractivity contribution in [2.45, 2.75) is 32.9 Å². The molecule has 0 saturated carbocycles. The minimum Gasteiger partial charge on any atom is -0.507 e. The van der Waals surface area contributed by atoms with Crippen molar-refractivity contribution in [2.75, 3.05) is 4.90 Å². The molecule has 8 heteroatoms. The van der Waals surface area contributed by atoms with Gasteiger partial charge in [-0.25, -0.2) is 0 Å². The number of amides is 1. The van der Waals surface area contributed by atoms with Gasteiger partial charge in [-0.05, 0) is 50.6 Å². The van der Waals surface area contributed by atoms with E-state index < -0.39 is 17.7 Å². The molecule has 0 bridgehead atoms. The molecule has 1 aromatic heterocycles. The number of anilines is 1. The number of aliphatic hydroxyl groups excluding tert-OH is 1. The Bertz CT molecular complexity index is 1150. The van der Waals surface area contributed by atoms with Crippen LogP contribution in [0.1, 0.15) is 36.0 Å². The third kappa shape index (κ3) is 3.94. The van der Waals surface area contributed by atoms with Crippen molar-refractivity contribution in [3.63, 3.8) is 0 Å². The predicted octanol–water partition coefficient (Wildman–Crippen LogP) is 4.26. The SMILES string of the molecule is Cc1nnc(N2C(=O)C(=O)/C(=C(/O)c3ccc(OC(C)C)cc3)[C@H]2c2ccccc2)s1. The first-order chi connectivity index (χ1) is 14.9. The van der Waals surface area contributed by atoms with E-state index in [2.05, 4.69) is 10.2 Å². The second-order valence-corrected chi connectivity index (χ2v) is 8.53. The average molecular weight is 436 g/mol. The van der Waals surface area contributed by atoms with Gasteiger partial charge in [-0.1, -0.05) is 41.7 Å². The molecular formula is C23H21N3O4S. The van der Waals surface area contributed by atoms with E-state index in [9.17, 15) is 14.7 Å². The fraction of sp³-hybridized carbons (Fsp3) is 0.217. The van der Waals surface area contributed by atoms with Gasteiger partial charge in [0.15, 0.2) is 0 Å². The summed E-state index contributed by atoms with van der Waals surface area (Å²) < 4.78 is 5.64. The lowest BCUT2D eigenvalue weighted by atomic mass is 9.95. The summed E-state index contributed by atoms with van der Waals surface area (Å²) >= 11 is 1.22. The number of carbonyl (C=O) groups excluding carboxylic acids is 2. The Balaban J connectivity index is 1.84. The number of nitrogens with zero attached hydrogens (tertiary/aromatic N) is 3. The molecule has 1 saturated heterocycles. The molecule has 1 amide bonds. The summed E-state index contributed by atoms with van der Waals surface area (Å²) in [5.41, 5.74) is 1.13. The molecule has 2 heterocycles. The molecule has 4 rings (SSSR count). The van der Waals surface area contributed by atoms with Crippen molar-refractivity contribution in [3.8, 4) is 5.75 Å². The molecule has 7 nitrogen and oxygen atoms in total. The maximum atomic E-state index is 13.0. The molecule has 0 aliphatic carbocycles. The Labute approximate surface area is 183 Å². The van der Waals surface area contributed by atoms with Crippen LogP contribution in [0, 0.1) is 6.92 Å². The van der Waals surface area contributed by atoms with E-state index in [4.69, 9.17) is 4.74 Å². The van der Waals surface area contributed by atoms with Crippen LogP contribution < -0.4 is 9.64 Å². The van der Waals surface area contributed by atoms with Crippen molar-refractivity contribution in [1.29, 1.82) is 0 Å². The number of carbonyl (C=O) groups is 2. The molecule has 31 heavy (non-hydrogen) atoms. The highest BCUT2D eigenvalue weighted by atomic mass is 32.1. The first-order valence-electron chi connectivity index (χ1n) is 9.80. The molecule has 1 atom stereocenters. The zero-order valence-electron chi connectivity index (χ0n) is 17.3. The zero-order valence-corrected chi connectivity index (χ0v) is 18.1. The van der Waals surface area contributed by atoms with Crippen LogP contribution in [-0.4, -0.2) is 33.1 Å². The van der Waals surface area contributed by atoms with Crippen LogP contribution in [0.4, 0.5) is 5.13 Å². The van der Waals surface area contributed by atoms with Gasteiger partial charge in [0.2, 0.25) is 5.13 Å². The van der Waals surface area contributed by atoms with Crippen LogP contribution in [0.25, 0.3) is 5.76 Å². The number of hydrogen-bond acceptors (Lipinski definition) is 7. The molecule has 1 aliphatic rings. The van der Waals surface area contributed by atoms with Crippen LogP contribution in [0.5, 0.6) is 5.75 Å². The van der Waals surface area contributed by atoms with E-state index in [0.29, 0.717) is 27.0 Å². The maximum absolute atomic E-state index is 13.0. The van der Waals surface area contributed by atoms with Gasteiger partial charge in [-0.3, -0.25) is 14.5 Å². The highest BCUT2D eigenvalue weighted by Crippen LogP contribution is 2.42. The molecular weight excluding hydrogens is 414 g/mol. The number of aromatic nitrogens is 2. The molecule has 2 aromatic carbocycles. The molecule has 158 valence electrons. The van der Waals surface area contributed by atoms with Crippen molar-refractivity contribution < 1.29 is 19.4 Å². The number of rotatable bonds is 5. The van der Waals surface area contributed by atoms with E-state index >= 15 is 0 Å². The fourth-order valence-electron chi connectivity index (χ4n) is 3.48. The molecule has 1 fully saturated rings. The number of ether oxygens (including phenoxy) is 1. The molecule has 0 radical (unpaired) electrons. The summed E-state index contributed by atoms with van der Waals surface area (Å²) in [5, 5.41) is 20.1. The summed E-state index contributed by atoms with van der Waals surface area (Å²) in [7, 11) is 0. The van der Waals surface area contributed by atoms with Crippen LogP contribution in [-0.2, 0) is 9.59 Å². The number of aryl methyl sites for hydroxylation is 1. The summed E-state index contributed by atoms with van der Waals surface area (Å²) in [6.07, 6.45) is 0.0122. The van der Waals surface area contributed by atoms with Gasteiger partial charge in [0.25, 0.3) is 5.78 Å². The van der Waals surface area contributed by atoms with Crippen LogP contribution in [0.2, 0.25) is 0 Å². The maximum Gasteiger partial charge on any atom is 0.301 e. The van der Waals surface area contributed by atoms with E-state index in [1.807, 2.05) is 44.2 Å². The Kier molecular flexibility index (Phi) is 5.56. The van der Waals surface area contributed by atoms with Crippen molar-refractivity contribution in [2.24, 2.45) is 0 Å². The predicted molar refractivity (Wildman–Crippen MR) is 118 cm³/mol. The highest BCUT2D eigenvalue weighted by molar-refractivity contribution is 7.15. The highest BCUT2D eigenvalue weighted by Gasteiger charge is 2.48. The quantitative estimate of drug-likeness (QED) is 0.366. The molecule has 1 aliphatic heterocycles. The normalized spacial score (nSPS) is 18.1. The molecule has 0 unspecified atom stereocenters. The standard InChI is InChI=1S/C23H21N3O4S/c1-13(2)30-17-11-9-16(10-12-17)20(27)18-19(15-7-5-4-6-8-15)26(22(29)21(18)28)23-25-24-14(3)31-23/h4-13,19,27H,1-3H3/b20-18+/t19-/m1/s1. The minimum absolute atomic E-state index is 0.0122. The van der Waals surface area contributed by atoms with Gasteiger partial charge in [-0.2, -0.15) is 0 Å². The monoisotopic (exact) mass is 435 g/mol. The van der Waals surface area contributed by atoms with Gasteiger partial charge >= 0.3 is 5.91 Å². The van der Waals surface area contributed by atoms with E-state index in [1.165, 1.54) is 16.2 Å². The van der Waals surface area contributed by atoms with E-state index in [1.54, 1.807) is 31.2 Å². The lowest BCUT2D eigenvalue weighted by molar-refractivity contribution is -0.132. The summed E-state index contributed by atoms with van der Waals surface area (Å²) in [6, 6.07) is 15.1. The summed E-state index contributed by atoms with van der Waals surface area (Å²) in [5.74, 6) is -1.10. The van der Waals surface area contributed by atoms with Gasteiger partial charge < -0.3 is 9.84 Å². The van der Waals surface area contributed by atoms with Gasteiger partial charge in [0.05, 0.1) is 17.7 Å². The second kappa shape index (κ2) is 8.31. The van der Waals surface area contributed by atoms with Crippen LogP contribution in [0.3, 0.4) is 0 Å². The number of ketones is 1. The number of Topliss-reactive ketones (excluding diaryl/α,β-unsaturated/α-hetero) is 1. The summed E-state index contributed by atoms with van der Waals surface area (Å²) in [6.45, 7) is 5.62.